The van der Waals surface area contributed by atoms with Crippen molar-refractivity contribution in [3.05, 3.63) is 40.4 Å². The van der Waals surface area contributed by atoms with Gasteiger partial charge in [0.25, 0.3) is 11.5 Å². The minimum atomic E-state index is -0.323. The molecule has 19 heavy (non-hydrogen) atoms. The van der Waals surface area contributed by atoms with Gasteiger partial charge in [0.1, 0.15) is 5.69 Å². The van der Waals surface area contributed by atoms with Crippen molar-refractivity contribution in [3.63, 3.8) is 0 Å². The molecule has 0 fully saturated rings. The van der Waals surface area contributed by atoms with Gasteiger partial charge in [0.2, 0.25) is 0 Å². The van der Waals surface area contributed by atoms with Crippen molar-refractivity contribution < 1.29 is 4.79 Å². The Bertz CT molecular complexity index is 623. The van der Waals surface area contributed by atoms with Crippen molar-refractivity contribution in [1.29, 1.82) is 0 Å². The quantitative estimate of drug-likeness (QED) is 0.757. The van der Waals surface area contributed by atoms with E-state index in [4.69, 9.17) is 5.73 Å². The first-order valence-electron chi connectivity index (χ1n) is 5.93. The number of nitrogens with zero attached hydrogens (tertiary/aromatic N) is 2. The summed E-state index contributed by atoms with van der Waals surface area (Å²) in [6.45, 7) is 2.72. The number of carbonyl (C=O) groups excluding carboxylic acids is 1. The lowest BCUT2D eigenvalue weighted by Gasteiger charge is -2.07. The zero-order chi connectivity index (χ0) is 13.8. The minimum absolute atomic E-state index is 0.285. The van der Waals surface area contributed by atoms with Crippen LogP contribution in [0, 0.1) is 0 Å². The molecule has 0 radical (unpaired) electrons. The van der Waals surface area contributed by atoms with E-state index in [0.717, 1.165) is 6.42 Å². The van der Waals surface area contributed by atoms with Crippen molar-refractivity contribution in [2.24, 2.45) is 0 Å². The number of aromatic amines is 1. The average Bonchev–Trinajstić information content (AvgIpc) is 2.74. The Hall–Kier alpha value is -2.57. The first kappa shape index (κ1) is 12.9. The van der Waals surface area contributed by atoms with Gasteiger partial charge in [0, 0.05) is 18.8 Å². The van der Waals surface area contributed by atoms with E-state index in [2.05, 4.69) is 15.5 Å². The SMILES string of the molecule is CCCn1cc(N)cc1C(=O)Nc1ccc(=O)[nH]n1. The van der Waals surface area contributed by atoms with Crippen LogP contribution in [0.25, 0.3) is 0 Å². The molecule has 2 rings (SSSR count). The molecule has 7 heteroatoms. The largest absolute Gasteiger partial charge is 0.397 e. The number of aromatic nitrogens is 3. The Kier molecular flexibility index (Phi) is 3.65. The Morgan fingerprint density at radius 3 is 2.95 bits per heavy atom. The van der Waals surface area contributed by atoms with Gasteiger partial charge in [-0.25, -0.2) is 5.10 Å². The standard InChI is InChI=1S/C12H15N5O2/c1-2-5-17-7-8(13)6-9(17)12(19)14-10-3-4-11(18)16-15-10/h3-4,6-7H,2,5,13H2,1H3,(H,16,18)(H,14,15,19). The summed E-state index contributed by atoms with van der Waals surface area (Å²) in [5.41, 5.74) is 6.37. The van der Waals surface area contributed by atoms with Crippen LogP contribution in [0.3, 0.4) is 0 Å². The van der Waals surface area contributed by atoms with E-state index in [-0.39, 0.29) is 17.3 Å². The van der Waals surface area contributed by atoms with E-state index in [0.29, 0.717) is 17.9 Å². The lowest BCUT2D eigenvalue weighted by molar-refractivity contribution is 0.101. The smallest absolute Gasteiger partial charge is 0.273 e. The van der Waals surface area contributed by atoms with Crippen molar-refractivity contribution in [1.82, 2.24) is 14.8 Å². The molecule has 0 saturated heterocycles. The fourth-order valence-electron chi connectivity index (χ4n) is 1.74. The van der Waals surface area contributed by atoms with Crippen LogP contribution in [0.5, 0.6) is 0 Å². The summed E-state index contributed by atoms with van der Waals surface area (Å²) >= 11 is 0. The molecular formula is C12H15N5O2. The van der Waals surface area contributed by atoms with E-state index >= 15 is 0 Å². The number of aryl methyl sites for hydroxylation is 1. The molecule has 7 nitrogen and oxygen atoms in total. The van der Waals surface area contributed by atoms with E-state index in [1.807, 2.05) is 6.92 Å². The highest BCUT2D eigenvalue weighted by atomic mass is 16.2. The topological polar surface area (TPSA) is 106 Å². The van der Waals surface area contributed by atoms with Gasteiger partial charge in [-0.15, -0.1) is 0 Å². The highest BCUT2D eigenvalue weighted by Gasteiger charge is 2.13. The van der Waals surface area contributed by atoms with Gasteiger partial charge >= 0.3 is 0 Å². The van der Waals surface area contributed by atoms with Crippen LogP contribution < -0.4 is 16.6 Å². The summed E-state index contributed by atoms with van der Waals surface area (Å²) in [7, 11) is 0. The van der Waals surface area contributed by atoms with Crippen LogP contribution in [0.2, 0.25) is 0 Å². The number of amides is 1. The van der Waals surface area contributed by atoms with Crippen LogP contribution in [0.4, 0.5) is 11.5 Å². The van der Waals surface area contributed by atoms with Crippen molar-refractivity contribution >= 4 is 17.4 Å². The first-order chi connectivity index (χ1) is 9.10. The van der Waals surface area contributed by atoms with Crippen LogP contribution in [0.1, 0.15) is 23.8 Å². The molecule has 0 saturated carbocycles. The second-order valence-corrected chi connectivity index (χ2v) is 4.11. The van der Waals surface area contributed by atoms with Gasteiger partial charge in [-0.2, -0.15) is 5.10 Å². The van der Waals surface area contributed by atoms with E-state index in [1.165, 1.54) is 12.1 Å². The van der Waals surface area contributed by atoms with Crippen LogP contribution in [-0.4, -0.2) is 20.7 Å². The number of nitrogens with one attached hydrogen (secondary N) is 2. The van der Waals surface area contributed by atoms with Crippen LogP contribution >= 0.6 is 0 Å². The van der Waals surface area contributed by atoms with Gasteiger partial charge in [-0.1, -0.05) is 6.92 Å². The summed E-state index contributed by atoms with van der Waals surface area (Å²) in [5, 5.41) is 8.57. The van der Waals surface area contributed by atoms with Crippen molar-refractivity contribution in [2.45, 2.75) is 19.9 Å². The number of rotatable bonds is 4. The summed E-state index contributed by atoms with van der Waals surface area (Å²) in [4.78, 5) is 23.0. The maximum atomic E-state index is 12.1. The minimum Gasteiger partial charge on any atom is -0.397 e. The first-order valence-corrected chi connectivity index (χ1v) is 5.93. The maximum absolute atomic E-state index is 12.1. The highest BCUT2D eigenvalue weighted by molar-refractivity contribution is 6.03. The van der Waals surface area contributed by atoms with Crippen LogP contribution in [0.15, 0.2) is 29.2 Å². The predicted octanol–water partition coefficient (Wildman–Crippen LogP) is 0.816. The second kappa shape index (κ2) is 5.38. The number of H-pyrrole nitrogens is 1. The molecule has 0 atom stereocenters. The normalized spacial score (nSPS) is 10.4. The fraction of sp³-hybridized carbons (Fsp3) is 0.250. The molecule has 0 unspecified atom stereocenters. The van der Waals surface area contributed by atoms with Gasteiger partial charge in [0.15, 0.2) is 5.82 Å². The van der Waals surface area contributed by atoms with Gasteiger partial charge in [-0.05, 0) is 18.6 Å². The molecule has 0 aliphatic rings. The Labute approximate surface area is 109 Å². The third-order valence-electron chi connectivity index (χ3n) is 2.54. The van der Waals surface area contributed by atoms with Gasteiger partial charge in [-0.3, -0.25) is 9.59 Å². The molecule has 1 amide bonds. The Balaban J connectivity index is 2.19. The molecule has 4 N–H and O–H groups in total. The molecule has 0 aromatic carbocycles. The zero-order valence-corrected chi connectivity index (χ0v) is 10.5. The van der Waals surface area contributed by atoms with Crippen LogP contribution in [-0.2, 0) is 6.54 Å². The summed E-state index contributed by atoms with van der Waals surface area (Å²) in [6.07, 6.45) is 2.62. The zero-order valence-electron chi connectivity index (χ0n) is 10.5. The van der Waals surface area contributed by atoms with E-state index in [9.17, 15) is 9.59 Å². The summed E-state index contributed by atoms with van der Waals surface area (Å²) in [5.74, 6) is -0.0304. The van der Waals surface area contributed by atoms with Crippen molar-refractivity contribution in [3.8, 4) is 0 Å². The number of nitrogen functional groups attached to an aromatic ring is 1. The Morgan fingerprint density at radius 1 is 1.53 bits per heavy atom. The van der Waals surface area contributed by atoms with Gasteiger partial charge in [0.05, 0.1) is 5.69 Å². The molecule has 2 heterocycles. The lowest BCUT2D eigenvalue weighted by atomic mass is 10.3. The number of carbonyl (C=O) groups is 1. The molecule has 0 spiro atoms. The van der Waals surface area contributed by atoms with Gasteiger partial charge < -0.3 is 15.6 Å². The molecule has 0 aliphatic heterocycles. The average molecular weight is 261 g/mol. The maximum Gasteiger partial charge on any atom is 0.273 e. The molecule has 0 aliphatic carbocycles. The third-order valence-corrected chi connectivity index (χ3v) is 2.54. The van der Waals surface area contributed by atoms with Crippen molar-refractivity contribution in [2.75, 3.05) is 11.1 Å². The van der Waals surface area contributed by atoms with E-state index < -0.39 is 0 Å². The Morgan fingerprint density at radius 2 is 2.32 bits per heavy atom. The molecular weight excluding hydrogens is 246 g/mol. The third kappa shape index (κ3) is 3.01. The summed E-state index contributed by atoms with van der Waals surface area (Å²) < 4.78 is 1.79. The summed E-state index contributed by atoms with van der Waals surface area (Å²) in [6, 6.07) is 4.34. The molecule has 2 aromatic heterocycles. The lowest BCUT2D eigenvalue weighted by Crippen LogP contribution is -2.19. The highest BCUT2D eigenvalue weighted by Crippen LogP contribution is 2.13. The number of nitrogens with two attached hydrogens (primary N) is 1. The molecule has 0 bridgehead atoms. The number of hydrogen-bond acceptors (Lipinski definition) is 4. The molecule has 100 valence electrons. The number of hydrogen-bond donors (Lipinski definition) is 3. The monoisotopic (exact) mass is 261 g/mol. The number of anilines is 2. The predicted molar refractivity (Wildman–Crippen MR) is 71.9 cm³/mol. The van der Waals surface area contributed by atoms with E-state index in [1.54, 1.807) is 16.8 Å². The fourth-order valence-corrected chi connectivity index (χ4v) is 1.74. The molecule has 2 aromatic rings. The second-order valence-electron chi connectivity index (χ2n) is 4.11.